The summed E-state index contributed by atoms with van der Waals surface area (Å²) in [5.74, 6) is -0.325. The third-order valence-electron chi connectivity index (χ3n) is 9.27. The molecule has 294 valence electrons. The van der Waals surface area contributed by atoms with Gasteiger partial charge in [0, 0.05) is 19.6 Å². The summed E-state index contributed by atoms with van der Waals surface area (Å²) in [6.45, 7) is 4.98. The molecule has 0 aliphatic rings. The Labute approximate surface area is 303 Å². The van der Waals surface area contributed by atoms with Crippen LogP contribution in [0.25, 0.3) is 0 Å². The molecule has 2 atom stereocenters. The third-order valence-corrected chi connectivity index (χ3v) is 10.3. The van der Waals surface area contributed by atoms with Crippen molar-refractivity contribution in [3.05, 3.63) is 0 Å². The molecule has 0 saturated carbocycles. The molecule has 0 radical (unpaired) electrons. The van der Waals surface area contributed by atoms with Crippen LogP contribution in [0.5, 0.6) is 0 Å². The second-order valence-electron chi connectivity index (χ2n) is 14.2. The fraction of sp³-hybridized carbons (Fsp3) is 0.975. The Balaban J connectivity index is 3.99. The van der Waals surface area contributed by atoms with E-state index in [0.717, 1.165) is 32.1 Å². The number of nitrogens with two attached hydrogens (primary N) is 1. The van der Waals surface area contributed by atoms with Gasteiger partial charge in [-0.3, -0.25) is 13.8 Å². The number of hydrogen-bond acceptors (Lipinski definition) is 7. The molecule has 3 N–H and O–H groups in total. The molecule has 0 aliphatic carbocycles. The first-order valence-corrected chi connectivity index (χ1v) is 22.5. The highest BCUT2D eigenvalue weighted by molar-refractivity contribution is 7.47. The summed E-state index contributed by atoms with van der Waals surface area (Å²) in [6, 6.07) is 0. The van der Waals surface area contributed by atoms with Gasteiger partial charge in [-0.05, 0) is 12.8 Å². The molecule has 49 heavy (non-hydrogen) atoms. The first-order valence-electron chi connectivity index (χ1n) is 21.0. The smallest absolute Gasteiger partial charge is 0.457 e. The average molecular weight is 720 g/mol. The van der Waals surface area contributed by atoms with E-state index in [2.05, 4.69) is 13.8 Å². The molecule has 0 aromatic heterocycles. The number of ether oxygens (including phenoxy) is 2. The van der Waals surface area contributed by atoms with Crippen LogP contribution in [0.15, 0.2) is 0 Å². The SMILES string of the molecule is CCCCCCCCCCCCCCCCCCOC[C@H](COP(=O)(O)OCCN)OC(=O)CCCCCCCCCCCCCCCC. The van der Waals surface area contributed by atoms with Gasteiger partial charge in [0.15, 0.2) is 0 Å². The van der Waals surface area contributed by atoms with Crippen LogP contribution < -0.4 is 5.73 Å². The van der Waals surface area contributed by atoms with Gasteiger partial charge in [0.05, 0.1) is 19.8 Å². The number of esters is 1. The minimum absolute atomic E-state index is 0.0902. The van der Waals surface area contributed by atoms with E-state index in [9.17, 15) is 14.3 Å². The summed E-state index contributed by atoms with van der Waals surface area (Å²) >= 11 is 0. The molecule has 0 bridgehead atoms. The molecule has 0 spiro atoms. The fourth-order valence-electron chi connectivity index (χ4n) is 6.17. The zero-order valence-electron chi connectivity index (χ0n) is 32.5. The van der Waals surface area contributed by atoms with E-state index in [-0.39, 0.29) is 32.3 Å². The van der Waals surface area contributed by atoms with E-state index in [4.69, 9.17) is 24.3 Å². The molecule has 1 unspecified atom stereocenters. The second kappa shape index (κ2) is 38.7. The second-order valence-corrected chi connectivity index (χ2v) is 15.7. The minimum Gasteiger partial charge on any atom is -0.457 e. The average Bonchev–Trinajstić information content (AvgIpc) is 3.09. The molecule has 0 heterocycles. The summed E-state index contributed by atoms with van der Waals surface area (Å²) in [5.41, 5.74) is 5.36. The summed E-state index contributed by atoms with van der Waals surface area (Å²) in [4.78, 5) is 22.4. The summed E-state index contributed by atoms with van der Waals surface area (Å²) in [5, 5.41) is 0. The van der Waals surface area contributed by atoms with Crippen molar-refractivity contribution in [1.82, 2.24) is 0 Å². The zero-order valence-corrected chi connectivity index (χ0v) is 33.3. The van der Waals surface area contributed by atoms with Gasteiger partial charge in [-0.2, -0.15) is 0 Å². The number of hydrogen-bond donors (Lipinski definition) is 2. The van der Waals surface area contributed by atoms with Gasteiger partial charge in [-0.25, -0.2) is 4.57 Å². The molecular formula is C40H82NO7P. The Morgan fingerprint density at radius 3 is 1.29 bits per heavy atom. The van der Waals surface area contributed by atoms with Gasteiger partial charge >= 0.3 is 13.8 Å². The van der Waals surface area contributed by atoms with Crippen LogP contribution in [-0.4, -0.2) is 49.9 Å². The van der Waals surface area contributed by atoms with Crippen molar-refractivity contribution in [2.24, 2.45) is 5.73 Å². The van der Waals surface area contributed by atoms with Gasteiger partial charge in [0.2, 0.25) is 0 Å². The Morgan fingerprint density at radius 1 is 0.531 bits per heavy atom. The van der Waals surface area contributed by atoms with Gasteiger partial charge in [0.25, 0.3) is 0 Å². The van der Waals surface area contributed by atoms with Crippen molar-refractivity contribution in [3.8, 4) is 0 Å². The first kappa shape index (κ1) is 48.5. The van der Waals surface area contributed by atoms with Crippen LogP contribution in [0.4, 0.5) is 0 Å². The third kappa shape index (κ3) is 38.6. The molecular weight excluding hydrogens is 637 g/mol. The highest BCUT2D eigenvalue weighted by Crippen LogP contribution is 2.43. The molecule has 0 saturated heterocycles. The standard InChI is InChI=1S/C40H82NO7P/c1-3-5-7-9-11-13-15-17-19-20-22-24-26-28-30-32-35-45-37-39(38-47-49(43,44)46-36-34-41)48-40(42)33-31-29-27-25-23-21-18-16-14-12-10-8-6-4-2/h39H,3-38,41H2,1-2H3,(H,43,44)/t39-/m1/s1. The van der Waals surface area contributed by atoms with Crippen LogP contribution in [-0.2, 0) is 27.9 Å². The predicted octanol–water partition coefficient (Wildman–Crippen LogP) is 12.1. The lowest BCUT2D eigenvalue weighted by Gasteiger charge is -2.20. The number of carbonyl (C=O) groups excluding carboxylic acids is 1. The van der Waals surface area contributed by atoms with Crippen molar-refractivity contribution < 1.29 is 32.8 Å². The summed E-state index contributed by atoms with van der Waals surface area (Å²) in [6.07, 6.45) is 38.2. The molecule has 0 aliphatic heterocycles. The summed E-state index contributed by atoms with van der Waals surface area (Å²) < 4.78 is 33.4. The van der Waals surface area contributed by atoms with Crippen LogP contribution in [0, 0.1) is 0 Å². The number of phosphoric ester groups is 1. The van der Waals surface area contributed by atoms with E-state index in [1.165, 1.54) is 161 Å². The van der Waals surface area contributed by atoms with E-state index in [1.807, 2.05) is 0 Å². The van der Waals surface area contributed by atoms with Gasteiger partial charge in [-0.1, -0.05) is 194 Å². The van der Waals surface area contributed by atoms with Gasteiger partial charge in [0.1, 0.15) is 6.10 Å². The van der Waals surface area contributed by atoms with Crippen molar-refractivity contribution in [1.29, 1.82) is 0 Å². The Morgan fingerprint density at radius 2 is 0.898 bits per heavy atom. The van der Waals surface area contributed by atoms with Gasteiger partial charge < -0.3 is 20.1 Å². The van der Waals surface area contributed by atoms with Crippen molar-refractivity contribution >= 4 is 13.8 Å². The molecule has 0 amide bonds. The van der Waals surface area contributed by atoms with Crippen molar-refractivity contribution in [2.75, 3.05) is 33.0 Å². The quantitative estimate of drug-likeness (QED) is 0.0364. The monoisotopic (exact) mass is 720 g/mol. The number of rotatable bonds is 41. The number of unbranched alkanes of at least 4 members (excludes halogenated alkanes) is 28. The van der Waals surface area contributed by atoms with Crippen LogP contribution in [0.1, 0.15) is 213 Å². The maximum Gasteiger partial charge on any atom is 0.472 e. The lowest BCUT2D eigenvalue weighted by Crippen LogP contribution is -2.28. The van der Waals surface area contributed by atoms with Crippen LogP contribution in [0.3, 0.4) is 0 Å². The van der Waals surface area contributed by atoms with E-state index < -0.39 is 13.9 Å². The topological polar surface area (TPSA) is 117 Å². The Kier molecular flexibility index (Phi) is 38.3. The first-order chi connectivity index (χ1) is 23.9. The Hall–Kier alpha value is -0.500. The number of phosphoric acid groups is 1. The molecule has 0 aromatic rings. The predicted molar refractivity (Wildman–Crippen MR) is 206 cm³/mol. The highest BCUT2D eigenvalue weighted by Gasteiger charge is 2.25. The van der Waals surface area contributed by atoms with Crippen molar-refractivity contribution in [2.45, 2.75) is 219 Å². The highest BCUT2D eigenvalue weighted by atomic mass is 31.2. The van der Waals surface area contributed by atoms with Crippen LogP contribution >= 0.6 is 7.82 Å². The summed E-state index contributed by atoms with van der Waals surface area (Å²) in [7, 11) is -4.26. The maximum atomic E-state index is 12.5. The van der Waals surface area contributed by atoms with Gasteiger partial charge in [-0.15, -0.1) is 0 Å². The molecule has 0 fully saturated rings. The van der Waals surface area contributed by atoms with Crippen molar-refractivity contribution in [3.63, 3.8) is 0 Å². The molecule has 0 rings (SSSR count). The zero-order chi connectivity index (χ0) is 35.9. The molecule has 8 nitrogen and oxygen atoms in total. The molecule has 0 aromatic carbocycles. The largest absolute Gasteiger partial charge is 0.472 e. The van der Waals surface area contributed by atoms with E-state index >= 15 is 0 Å². The fourth-order valence-corrected chi connectivity index (χ4v) is 6.94. The normalized spacial score (nSPS) is 13.5. The molecule has 9 heteroatoms. The van der Waals surface area contributed by atoms with E-state index in [1.54, 1.807) is 0 Å². The lowest BCUT2D eigenvalue weighted by molar-refractivity contribution is -0.154. The number of carbonyl (C=O) groups is 1. The van der Waals surface area contributed by atoms with Crippen LogP contribution in [0.2, 0.25) is 0 Å². The van der Waals surface area contributed by atoms with E-state index in [0.29, 0.717) is 13.0 Å². The minimum atomic E-state index is -4.26. The Bertz CT molecular complexity index is 727. The maximum absolute atomic E-state index is 12.5. The lowest BCUT2D eigenvalue weighted by atomic mass is 10.0.